The van der Waals surface area contributed by atoms with Gasteiger partial charge in [-0.1, -0.05) is 30.3 Å². The molecule has 1 aliphatic heterocycles. The molecule has 0 aliphatic carbocycles. The molecule has 2 nitrogen and oxygen atoms in total. The van der Waals surface area contributed by atoms with Crippen LogP contribution in [-0.4, -0.2) is 22.8 Å². The largest absolute Gasteiger partial charge is 0.300 e. The third-order valence-electron chi connectivity index (χ3n) is 3.68. The van der Waals surface area contributed by atoms with Crippen LogP contribution in [0, 0.1) is 0 Å². The number of likely N-dealkylation sites (tertiary alicyclic amines) is 1. The van der Waals surface area contributed by atoms with E-state index in [1.165, 1.54) is 12.0 Å². The number of carbonyl (C=O) groups is 1. The SMILES string of the molecule is CC(=O)CC1CCC(C)N1Cc1ccccc1. The van der Waals surface area contributed by atoms with Crippen LogP contribution < -0.4 is 0 Å². The van der Waals surface area contributed by atoms with E-state index in [9.17, 15) is 4.79 Å². The van der Waals surface area contributed by atoms with E-state index in [1.54, 1.807) is 6.92 Å². The lowest BCUT2D eigenvalue weighted by atomic mass is 10.1. The monoisotopic (exact) mass is 231 g/mol. The molecule has 1 saturated heterocycles. The highest BCUT2D eigenvalue weighted by molar-refractivity contribution is 5.76. The van der Waals surface area contributed by atoms with E-state index in [4.69, 9.17) is 0 Å². The van der Waals surface area contributed by atoms with Gasteiger partial charge in [0.15, 0.2) is 0 Å². The standard InChI is InChI=1S/C15H21NO/c1-12-8-9-15(10-13(2)17)16(12)11-14-6-4-3-5-7-14/h3-7,12,15H,8-11H2,1-2H3. The maximum absolute atomic E-state index is 11.3. The number of ketones is 1. The highest BCUT2D eigenvalue weighted by atomic mass is 16.1. The first-order chi connectivity index (χ1) is 8.16. The van der Waals surface area contributed by atoms with Crippen LogP contribution in [0.15, 0.2) is 30.3 Å². The Morgan fingerprint density at radius 3 is 2.65 bits per heavy atom. The molecule has 1 heterocycles. The van der Waals surface area contributed by atoms with Crippen molar-refractivity contribution in [2.45, 2.75) is 51.7 Å². The van der Waals surface area contributed by atoms with E-state index in [0.717, 1.165) is 13.0 Å². The second-order valence-corrected chi connectivity index (χ2v) is 5.14. The molecule has 0 aromatic heterocycles. The summed E-state index contributed by atoms with van der Waals surface area (Å²) < 4.78 is 0. The van der Waals surface area contributed by atoms with Gasteiger partial charge in [0.1, 0.15) is 5.78 Å². The first-order valence-electron chi connectivity index (χ1n) is 6.46. The smallest absolute Gasteiger partial charge is 0.131 e. The Morgan fingerprint density at radius 1 is 1.29 bits per heavy atom. The predicted molar refractivity (Wildman–Crippen MR) is 69.8 cm³/mol. The number of hydrogen-bond acceptors (Lipinski definition) is 2. The van der Waals surface area contributed by atoms with Crippen LogP contribution in [0.2, 0.25) is 0 Å². The molecule has 17 heavy (non-hydrogen) atoms. The molecule has 0 radical (unpaired) electrons. The Kier molecular flexibility index (Phi) is 3.95. The number of benzene rings is 1. The van der Waals surface area contributed by atoms with Crippen molar-refractivity contribution in [1.82, 2.24) is 4.90 Å². The number of nitrogens with zero attached hydrogens (tertiary/aromatic N) is 1. The van der Waals surface area contributed by atoms with Crippen molar-refractivity contribution in [2.75, 3.05) is 0 Å². The number of carbonyl (C=O) groups excluding carboxylic acids is 1. The molecule has 1 aliphatic rings. The van der Waals surface area contributed by atoms with Crippen LogP contribution in [0.25, 0.3) is 0 Å². The van der Waals surface area contributed by atoms with E-state index in [0.29, 0.717) is 24.3 Å². The van der Waals surface area contributed by atoms with E-state index in [-0.39, 0.29) is 0 Å². The maximum atomic E-state index is 11.3. The van der Waals surface area contributed by atoms with Crippen molar-refractivity contribution in [3.05, 3.63) is 35.9 Å². The van der Waals surface area contributed by atoms with Crippen LogP contribution in [0.3, 0.4) is 0 Å². The van der Waals surface area contributed by atoms with Gasteiger partial charge in [-0.05, 0) is 32.3 Å². The van der Waals surface area contributed by atoms with Crippen molar-refractivity contribution in [3.8, 4) is 0 Å². The predicted octanol–water partition coefficient (Wildman–Crippen LogP) is 3.02. The van der Waals surface area contributed by atoms with Crippen LogP contribution in [0.4, 0.5) is 0 Å². The van der Waals surface area contributed by atoms with Gasteiger partial charge in [0.05, 0.1) is 0 Å². The highest BCUT2D eigenvalue weighted by Gasteiger charge is 2.30. The molecule has 0 spiro atoms. The van der Waals surface area contributed by atoms with E-state index < -0.39 is 0 Å². The van der Waals surface area contributed by atoms with Gasteiger partial charge in [-0.25, -0.2) is 0 Å². The lowest BCUT2D eigenvalue weighted by Gasteiger charge is -2.27. The first-order valence-corrected chi connectivity index (χ1v) is 6.46. The molecular weight excluding hydrogens is 210 g/mol. The van der Waals surface area contributed by atoms with Gasteiger partial charge in [-0.2, -0.15) is 0 Å². The molecular formula is C15H21NO. The van der Waals surface area contributed by atoms with E-state index in [1.807, 2.05) is 6.07 Å². The normalized spacial score (nSPS) is 25.1. The molecule has 2 atom stereocenters. The molecule has 2 unspecified atom stereocenters. The molecule has 1 fully saturated rings. The fraction of sp³-hybridized carbons (Fsp3) is 0.533. The minimum Gasteiger partial charge on any atom is -0.300 e. The first kappa shape index (κ1) is 12.3. The van der Waals surface area contributed by atoms with Gasteiger partial charge in [0.2, 0.25) is 0 Å². The molecule has 2 heteroatoms. The molecule has 0 amide bonds. The zero-order valence-electron chi connectivity index (χ0n) is 10.7. The van der Waals surface area contributed by atoms with Crippen LogP contribution in [-0.2, 0) is 11.3 Å². The number of Topliss-reactive ketones (excluding diaryl/α,β-unsaturated/α-hetero) is 1. The molecule has 1 aromatic carbocycles. The van der Waals surface area contributed by atoms with Crippen molar-refractivity contribution >= 4 is 5.78 Å². The fourth-order valence-electron chi connectivity index (χ4n) is 2.76. The summed E-state index contributed by atoms with van der Waals surface area (Å²) in [6, 6.07) is 11.6. The molecule has 0 N–H and O–H groups in total. The Bertz CT molecular complexity index is 374. The zero-order chi connectivity index (χ0) is 12.3. The topological polar surface area (TPSA) is 20.3 Å². The quantitative estimate of drug-likeness (QED) is 0.794. The van der Waals surface area contributed by atoms with Gasteiger partial charge >= 0.3 is 0 Å². The van der Waals surface area contributed by atoms with Gasteiger partial charge in [-0.15, -0.1) is 0 Å². The second-order valence-electron chi connectivity index (χ2n) is 5.14. The van der Waals surface area contributed by atoms with Gasteiger partial charge in [0, 0.05) is 25.0 Å². The fourth-order valence-corrected chi connectivity index (χ4v) is 2.76. The highest BCUT2D eigenvalue weighted by Crippen LogP contribution is 2.28. The zero-order valence-corrected chi connectivity index (χ0v) is 10.7. The van der Waals surface area contributed by atoms with Crippen LogP contribution in [0.1, 0.15) is 38.7 Å². The van der Waals surface area contributed by atoms with Crippen molar-refractivity contribution < 1.29 is 4.79 Å². The van der Waals surface area contributed by atoms with E-state index >= 15 is 0 Å². The number of hydrogen-bond donors (Lipinski definition) is 0. The third kappa shape index (κ3) is 3.16. The summed E-state index contributed by atoms with van der Waals surface area (Å²) in [5.41, 5.74) is 1.34. The summed E-state index contributed by atoms with van der Waals surface area (Å²) in [6.07, 6.45) is 3.08. The molecule has 1 aromatic rings. The summed E-state index contributed by atoms with van der Waals surface area (Å²) in [6.45, 7) is 4.94. The van der Waals surface area contributed by atoms with Crippen molar-refractivity contribution in [1.29, 1.82) is 0 Å². The van der Waals surface area contributed by atoms with E-state index in [2.05, 4.69) is 36.1 Å². The summed E-state index contributed by atoms with van der Waals surface area (Å²) in [7, 11) is 0. The average Bonchev–Trinajstić information content (AvgIpc) is 2.62. The third-order valence-corrected chi connectivity index (χ3v) is 3.68. The van der Waals surface area contributed by atoms with Gasteiger partial charge in [-0.3, -0.25) is 9.69 Å². The van der Waals surface area contributed by atoms with Crippen molar-refractivity contribution in [2.24, 2.45) is 0 Å². The summed E-state index contributed by atoms with van der Waals surface area (Å²) in [5.74, 6) is 0.308. The van der Waals surface area contributed by atoms with Crippen molar-refractivity contribution in [3.63, 3.8) is 0 Å². The Hall–Kier alpha value is -1.15. The minimum atomic E-state index is 0.308. The average molecular weight is 231 g/mol. The second kappa shape index (κ2) is 5.46. The summed E-state index contributed by atoms with van der Waals surface area (Å²) in [4.78, 5) is 13.8. The van der Waals surface area contributed by atoms with Crippen LogP contribution >= 0.6 is 0 Å². The summed E-state index contributed by atoms with van der Waals surface area (Å²) in [5, 5.41) is 0. The molecule has 0 saturated carbocycles. The Morgan fingerprint density at radius 2 is 2.00 bits per heavy atom. The number of rotatable bonds is 4. The maximum Gasteiger partial charge on any atom is 0.131 e. The van der Waals surface area contributed by atoms with Crippen LogP contribution in [0.5, 0.6) is 0 Å². The lowest BCUT2D eigenvalue weighted by Crippen LogP contribution is -2.35. The minimum absolute atomic E-state index is 0.308. The Balaban J connectivity index is 2.04. The Labute approximate surface area is 104 Å². The van der Waals surface area contributed by atoms with Gasteiger partial charge < -0.3 is 0 Å². The molecule has 92 valence electrons. The van der Waals surface area contributed by atoms with Gasteiger partial charge in [0.25, 0.3) is 0 Å². The molecule has 2 rings (SSSR count). The summed E-state index contributed by atoms with van der Waals surface area (Å²) >= 11 is 0. The lowest BCUT2D eigenvalue weighted by molar-refractivity contribution is -0.118. The molecule has 0 bridgehead atoms.